The van der Waals surface area contributed by atoms with Gasteiger partial charge in [0.1, 0.15) is 6.07 Å². The average Bonchev–Trinajstić information content (AvgIpc) is 3.53. The summed E-state index contributed by atoms with van der Waals surface area (Å²) < 4.78 is 4.23. The Hall–Kier alpha value is -7.33. The number of nitrogens with zero attached hydrogens (tertiary/aromatic N) is 9. The second-order valence-corrected chi connectivity index (χ2v) is 16.9. The fraction of sp³-hybridized carbons (Fsp3) is 0.286. The molecule has 2 aliphatic heterocycles. The minimum absolute atomic E-state index is 0.106. The topological polar surface area (TPSA) is 150 Å². The van der Waals surface area contributed by atoms with Gasteiger partial charge in [0.05, 0.1) is 28.3 Å². The van der Waals surface area contributed by atoms with Crippen LogP contribution in [0, 0.1) is 17.2 Å². The zero-order valence-electron chi connectivity index (χ0n) is 35.0. The number of amides is 2. The lowest BCUT2D eigenvalue weighted by Crippen LogP contribution is -2.32. The molecule has 0 spiro atoms. The number of rotatable bonds is 7. The fourth-order valence-electron chi connectivity index (χ4n) is 9.01. The zero-order chi connectivity index (χ0) is 42.5. The van der Waals surface area contributed by atoms with Crippen LogP contribution in [0.25, 0.3) is 66.1 Å². The summed E-state index contributed by atoms with van der Waals surface area (Å²) in [4.78, 5) is 46.2. The highest BCUT2D eigenvalue weighted by molar-refractivity contribution is 5.98. The average molecular weight is 822 g/mol. The fourth-order valence-corrected chi connectivity index (χ4v) is 9.01. The second kappa shape index (κ2) is 15.9. The molecule has 3 fully saturated rings. The van der Waals surface area contributed by atoms with Gasteiger partial charge in [-0.2, -0.15) is 5.26 Å². The van der Waals surface area contributed by atoms with Crippen molar-refractivity contribution in [3.8, 4) is 28.3 Å². The van der Waals surface area contributed by atoms with Crippen LogP contribution in [-0.2, 0) is 23.7 Å². The third-order valence-electron chi connectivity index (χ3n) is 12.5. The van der Waals surface area contributed by atoms with Gasteiger partial charge in [-0.3, -0.25) is 24.5 Å². The van der Waals surface area contributed by atoms with E-state index in [1.165, 1.54) is 22.5 Å². The van der Waals surface area contributed by atoms with Gasteiger partial charge in [-0.15, -0.1) is 0 Å². The molecule has 62 heavy (non-hydrogen) atoms. The minimum atomic E-state index is 0.106. The van der Waals surface area contributed by atoms with Gasteiger partial charge in [-0.1, -0.05) is 24.3 Å². The van der Waals surface area contributed by atoms with Gasteiger partial charge in [0.15, 0.2) is 5.69 Å². The maximum atomic E-state index is 12.4. The van der Waals surface area contributed by atoms with Crippen molar-refractivity contribution >= 4 is 67.1 Å². The Balaban J connectivity index is 0.000000148. The molecule has 2 amide bonds. The van der Waals surface area contributed by atoms with Gasteiger partial charge in [0.2, 0.25) is 11.8 Å². The summed E-state index contributed by atoms with van der Waals surface area (Å²) in [6, 6.07) is 27.9. The Morgan fingerprint density at radius 3 is 1.82 bits per heavy atom. The molecule has 1 aliphatic carbocycles. The predicted octanol–water partition coefficient (Wildman–Crippen LogP) is 7.90. The van der Waals surface area contributed by atoms with E-state index in [0.717, 1.165) is 101 Å². The Morgan fingerprint density at radius 1 is 0.677 bits per heavy atom. The first-order valence-electron chi connectivity index (χ1n) is 21.3. The molecule has 2 unspecified atom stereocenters. The van der Waals surface area contributed by atoms with Crippen LogP contribution in [0.4, 0.5) is 11.4 Å². The summed E-state index contributed by atoms with van der Waals surface area (Å²) in [7, 11) is 4.09. The quantitative estimate of drug-likeness (QED) is 0.164. The van der Waals surface area contributed by atoms with Crippen LogP contribution in [0.1, 0.15) is 38.3 Å². The molecule has 4 aromatic heterocycles. The Labute approximate surface area is 359 Å². The van der Waals surface area contributed by atoms with E-state index in [9.17, 15) is 14.9 Å². The summed E-state index contributed by atoms with van der Waals surface area (Å²) in [5, 5.41) is 18.9. The highest BCUT2D eigenvalue weighted by atomic mass is 16.2. The molecule has 8 aromatic rings. The van der Waals surface area contributed by atoms with Crippen molar-refractivity contribution < 1.29 is 9.59 Å². The number of hydrogen-bond donors (Lipinski definition) is 2. The normalized spacial score (nSPS) is 17.4. The van der Waals surface area contributed by atoms with Crippen LogP contribution in [0.3, 0.4) is 0 Å². The molecule has 0 radical (unpaired) electrons. The number of nitriles is 1. The number of nitrogens with one attached hydrogen (secondary N) is 2. The van der Waals surface area contributed by atoms with Crippen molar-refractivity contribution in [1.29, 1.82) is 5.26 Å². The van der Waals surface area contributed by atoms with Crippen LogP contribution in [0.5, 0.6) is 0 Å². The standard InChI is InChI=1S/C25H25N5O.C24H22N6O/c1-29-10-6-16-2-5-18(12-23(16)29)21-13-20(14-22-24(21)27-9-8-26-22)28-19-7-11-30(15-19)25(31)17-3-4-17;1-15(31)30-8-6-18(14-30)27-19-10-21(24-22(11-19)26-13-20(12-25)28-24)17-4-3-16-5-7-29(2)23(16)9-17/h2,5-6,8-10,12-14,17,19,28H,3-4,7,11,15H2,1H3;3-5,7,9-11,13,18,27H,6,8,14H2,1-2H3. The molecule has 2 atom stereocenters. The molecular formula is C49H47N11O2. The molecular weight excluding hydrogens is 775 g/mol. The lowest BCUT2D eigenvalue weighted by Gasteiger charge is -2.18. The van der Waals surface area contributed by atoms with Crippen molar-refractivity contribution in [3.05, 3.63) is 109 Å². The summed E-state index contributed by atoms with van der Waals surface area (Å²) in [5.74, 6) is 0.730. The van der Waals surface area contributed by atoms with E-state index in [1.54, 1.807) is 19.3 Å². The summed E-state index contributed by atoms with van der Waals surface area (Å²) in [6.07, 6.45) is 13.1. The van der Waals surface area contributed by atoms with E-state index in [4.69, 9.17) is 0 Å². The third kappa shape index (κ3) is 7.64. The summed E-state index contributed by atoms with van der Waals surface area (Å²) in [5.41, 5.74) is 11.9. The molecule has 3 aliphatic rings. The van der Waals surface area contributed by atoms with Gasteiger partial charge < -0.3 is 29.6 Å². The van der Waals surface area contributed by atoms with E-state index in [1.807, 2.05) is 29.1 Å². The maximum Gasteiger partial charge on any atom is 0.225 e. The van der Waals surface area contributed by atoms with Crippen molar-refractivity contribution in [2.24, 2.45) is 20.0 Å². The first-order valence-corrected chi connectivity index (χ1v) is 21.3. The highest BCUT2D eigenvalue weighted by Gasteiger charge is 2.36. The van der Waals surface area contributed by atoms with Crippen LogP contribution < -0.4 is 10.6 Å². The van der Waals surface area contributed by atoms with E-state index in [-0.39, 0.29) is 23.9 Å². The van der Waals surface area contributed by atoms with Gasteiger partial charge in [-0.05, 0) is 96.1 Å². The number of aromatic nitrogens is 6. The van der Waals surface area contributed by atoms with E-state index in [0.29, 0.717) is 23.7 Å². The minimum Gasteiger partial charge on any atom is -0.380 e. The molecule has 6 heterocycles. The van der Waals surface area contributed by atoms with Gasteiger partial charge >= 0.3 is 0 Å². The number of carbonyl (C=O) groups excluding carboxylic acids is 2. The Bertz CT molecular complexity index is 3090. The number of benzene rings is 4. The smallest absolute Gasteiger partial charge is 0.225 e. The Kier molecular flexibility index (Phi) is 9.98. The number of anilines is 2. The van der Waals surface area contributed by atoms with Gasteiger partial charge in [0, 0.05) is 124 Å². The molecule has 0 bridgehead atoms. The molecule has 13 heteroatoms. The lowest BCUT2D eigenvalue weighted by molar-refractivity contribution is -0.131. The van der Waals surface area contributed by atoms with E-state index < -0.39 is 0 Å². The number of hydrogen-bond acceptors (Lipinski definition) is 9. The molecule has 11 rings (SSSR count). The SMILES string of the molecule is CC(=O)N1CCC(Nc2cc(-c3ccc4ccn(C)c4c3)c3nc(C#N)cnc3c2)C1.Cn1ccc2ccc(-c3cc(NC4CCN(C(=O)C5CC5)C4)cc4nccnc34)cc21. The highest BCUT2D eigenvalue weighted by Crippen LogP contribution is 2.36. The van der Waals surface area contributed by atoms with E-state index >= 15 is 0 Å². The van der Waals surface area contributed by atoms with Crippen LogP contribution >= 0.6 is 0 Å². The lowest BCUT2D eigenvalue weighted by atomic mass is 10.0. The van der Waals surface area contributed by atoms with Crippen LogP contribution in [0.15, 0.2) is 104 Å². The third-order valence-corrected chi connectivity index (χ3v) is 12.5. The molecule has 13 nitrogen and oxygen atoms in total. The number of carbonyl (C=O) groups is 2. The van der Waals surface area contributed by atoms with Crippen LogP contribution in [-0.4, -0.2) is 88.9 Å². The summed E-state index contributed by atoms with van der Waals surface area (Å²) in [6.45, 7) is 4.69. The van der Waals surface area contributed by atoms with Crippen molar-refractivity contribution in [2.45, 2.75) is 44.7 Å². The number of aryl methyl sites for hydroxylation is 2. The monoisotopic (exact) mass is 821 g/mol. The summed E-state index contributed by atoms with van der Waals surface area (Å²) >= 11 is 0. The molecule has 1 saturated carbocycles. The van der Waals surface area contributed by atoms with E-state index in [2.05, 4.69) is 126 Å². The van der Waals surface area contributed by atoms with Gasteiger partial charge in [-0.25, -0.2) is 4.98 Å². The largest absolute Gasteiger partial charge is 0.380 e. The van der Waals surface area contributed by atoms with Crippen molar-refractivity contribution in [1.82, 2.24) is 38.9 Å². The maximum absolute atomic E-state index is 12.4. The number of likely N-dealkylation sites (tertiary alicyclic amines) is 2. The van der Waals surface area contributed by atoms with Crippen molar-refractivity contribution in [3.63, 3.8) is 0 Å². The van der Waals surface area contributed by atoms with Crippen molar-refractivity contribution in [2.75, 3.05) is 36.8 Å². The molecule has 4 aromatic carbocycles. The number of fused-ring (bicyclic) bond motifs is 4. The predicted molar refractivity (Wildman–Crippen MR) is 243 cm³/mol. The first-order chi connectivity index (χ1) is 30.2. The van der Waals surface area contributed by atoms with Crippen LogP contribution in [0.2, 0.25) is 0 Å². The second-order valence-electron chi connectivity index (χ2n) is 16.9. The zero-order valence-corrected chi connectivity index (χ0v) is 35.0. The molecule has 2 N–H and O–H groups in total. The van der Waals surface area contributed by atoms with Gasteiger partial charge in [0.25, 0.3) is 0 Å². The Morgan fingerprint density at radius 2 is 1.24 bits per heavy atom. The molecule has 2 saturated heterocycles. The molecule has 310 valence electrons. The first kappa shape index (κ1) is 38.8.